The van der Waals surface area contributed by atoms with E-state index in [2.05, 4.69) is 18.6 Å². The topological polar surface area (TPSA) is 72.5 Å². The van der Waals surface area contributed by atoms with Crippen molar-refractivity contribution in [2.75, 3.05) is 13.7 Å². The van der Waals surface area contributed by atoms with Crippen molar-refractivity contribution in [3.8, 4) is 0 Å². The fourth-order valence-electron chi connectivity index (χ4n) is 5.42. The molecule has 5 rings (SSSR count). The van der Waals surface area contributed by atoms with E-state index in [0.29, 0.717) is 11.8 Å². The Morgan fingerprint density at radius 3 is 2.73 bits per heavy atom. The molecule has 0 radical (unpaired) electrons. The minimum atomic E-state index is -0.783. The van der Waals surface area contributed by atoms with Crippen LogP contribution in [0.5, 0.6) is 0 Å². The molecular weight excluding hydrogens is 340 g/mol. The second-order valence-corrected chi connectivity index (χ2v) is 8.47. The lowest BCUT2D eigenvalue weighted by Gasteiger charge is -2.60. The van der Waals surface area contributed by atoms with Crippen molar-refractivity contribution in [1.29, 1.82) is 0 Å². The van der Waals surface area contributed by atoms with Crippen LogP contribution in [0.15, 0.2) is 0 Å². The summed E-state index contributed by atoms with van der Waals surface area (Å²) in [5.41, 5.74) is -0.574. The Hall–Kier alpha value is -0.730. The highest BCUT2D eigenvalue weighted by Gasteiger charge is 2.69. The molecule has 1 aliphatic carbocycles. The number of esters is 1. The van der Waals surface area contributed by atoms with Crippen LogP contribution in [0.2, 0.25) is 0 Å². The van der Waals surface area contributed by atoms with Crippen LogP contribution < -0.4 is 0 Å². The van der Waals surface area contributed by atoms with Crippen molar-refractivity contribution in [2.24, 2.45) is 23.7 Å². The quantitative estimate of drug-likeness (QED) is 0.556. The first kappa shape index (κ1) is 18.6. The molecule has 26 heavy (non-hydrogen) atoms. The minimum absolute atomic E-state index is 0.119. The first-order valence-electron chi connectivity index (χ1n) is 9.78. The van der Waals surface area contributed by atoms with Crippen LogP contribution in [0.3, 0.4) is 0 Å². The molecular formula is C19H30O7. The predicted molar refractivity (Wildman–Crippen MR) is 89.4 cm³/mol. The molecule has 2 bridgehead atoms. The summed E-state index contributed by atoms with van der Waals surface area (Å²) in [4.78, 5) is 23.2. The molecule has 7 nitrogen and oxygen atoms in total. The maximum absolute atomic E-state index is 11.4. The lowest BCUT2D eigenvalue weighted by molar-refractivity contribution is -0.577. The molecule has 0 aromatic rings. The van der Waals surface area contributed by atoms with Gasteiger partial charge in [-0.05, 0) is 38.0 Å². The number of carbonyl (C=O) groups is 1. The van der Waals surface area contributed by atoms with Crippen LogP contribution in [-0.4, -0.2) is 43.7 Å². The SMILES string of the molecule is COC(=O)CCO[C@H]1O[C@@H]2O[C@@]3(C)CC[C@H]4[C@H](C)CC[C@@H]([C@H]1C)[C@@]24OO3. The molecule has 4 aliphatic heterocycles. The summed E-state index contributed by atoms with van der Waals surface area (Å²) in [5, 5.41) is 0. The van der Waals surface area contributed by atoms with E-state index in [-0.39, 0.29) is 30.8 Å². The highest BCUT2D eigenvalue weighted by Crippen LogP contribution is 2.60. The smallest absolute Gasteiger partial charge is 0.307 e. The molecule has 4 saturated heterocycles. The standard InChI is InChI=1S/C19H30O7/c1-11-5-6-14-12(2)16(22-10-8-15(20)21-4)23-17-19(14)13(11)7-9-18(3,24-17)25-26-19/h11-14,16-17H,5-10H2,1-4H3/t11-,12-,13+,14+,16+,17-,18-,19-/m1/s1. The Morgan fingerprint density at radius 1 is 1.15 bits per heavy atom. The highest BCUT2D eigenvalue weighted by atomic mass is 17.3. The largest absolute Gasteiger partial charge is 0.469 e. The summed E-state index contributed by atoms with van der Waals surface area (Å²) in [6.45, 7) is 6.60. The van der Waals surface area contributed by atoms with Crippen molar-refractivity contribution in [3.05, 3.63) is 0 Å². The molecule has 4 heterocycles. The number of carbonyl (C=O) groups excluding carboxylic acids is 1. The van der Waals surface area contributed by atoms with Gasteiger partial charge >= 0.3 is 5.97 Å². The Labute approximate surface area is 154 Å². The van der Waals surface area contributed by atoms with Gasteiger partial charge in [0.2, 0.25) is 5.79 Å². The Balaban J connectivity index is 1.57. The number of methoxy groups -OCH3 is 1. The fraction of sp³-hybridized carbons (Fsp3) is 0.947. The molecule has 5 fully saturated rings. The van der Waals surface area contributed by atoms with Gasteiger partial charge in [0, 0.05) is 18.3 Å². The van der Waals surface area contributed by atoms with E-state index < -0.39 is 24.0 Å². The second kappa shape index (κ2) is 6.71. The van der Waals surface area contributed by atoms with Gasteiger partial charge in [-0.1, -0.05) is 13.8 Å². The normalized spacial score (nSPS) is 50.0. The Morgan fingerprint density at radius 2 is 1.96 bits per heavy atom. The predicted octanol–water partition coefficient (Wildman–Crippen LogP) is 2.77. The third-order valence-corrected chi connectivity index (χ3v) is 6.91. The summed E-state index contributed by atoms with van der Waals surface area (Å²) >= 11 is 0. The van der Waals surface area contributed by atoms with Gasteiger partial charge in [0.1, 0.15) is 0 Å². The number of rotatable bonds is 4. The zero-order valence-corrected chi connectivity index (χ0v) is 16.1. The molecule has 5 aliphatic rings. The summed E-state index contributed by atoms with van der Waals surface area (Å²) in [7, 11) is 1.38. The van der Waals surface area contributed by atoms with Crippen LogP contribution in [0.1, 0.15) is 52.9 Å². The lowest BCUT2D eigenvalue weighted by atomic mass is 9.58. The summed E-state index contributed by atoms with van der Waals surface area (Å²) in [6.07, 6.45) is 3.25. The van der Waals surface area contributed by atoms with Crippen LogP contribution in [0.25, 0.3) is 0 Å². The fourth-order valence-corrected chi connectivity index (χ4v) is 5.42. The molecule has 8 atom stereocenters. The third kappa shape index (κ3) is 2.79. The van der Waals surface area contributed by atoms with Crippen LogP contribution in [-0.2, 0) is 33.5 Å². The van der Waals surface area contributed by atoms with Gasteiger partial charge < -0.3 is 18.9 Å². The first-order chi connectivity index (χ1) is 12.4. The maximum atomic E-state index is 11.4. The number of hydrogen-bond acceptors (Lipinski definition) is 7. The molecule has 0 N–H and O–H groups in total. The highest BCUT2D eigenvalue weighted by molar-refractivity contribution is 5.69. The van der Waals surface area contributed by atoms with Gasteiger partial charge in [-0.15, -0.1) is 0 Å². The van der Waals surface area contributed by atoms with Gasteiger partial charge in [0.15, 0.2) is 18.2 Å². The van der Waals surface area contributed by atoms with Crippen molar-refractivity contribution in [1.82, 2.24) is 0 Å². The van der Waals surface area contributed by atoms with Gasteiger partial charge in [0.25, 0.3) is 0 Å². The van der Waals surface area contributed by atoms with E-state index in [1.807, 2.05) is 6.92 Å². The van der Waals surface area contributed by atoms with Gasteiger partial charge in [-0.3, -0.25) is 4.79 Å². The van der Waals surface area contributed by atoms with Crippen molar-refractivity contribution in [2.45, 2.75) is 76.8 Å². The molecule has 0 amide bonds. The average molecular weight is 370 g/mol. The van der Waals surface area contributed by atoms with E-state index >= 15 is 0 Å². The second-order valence-electron chi connectivity index (χ2n) is 8.47. The van der Waals surface area contributed by atoms with Gasteiger partial charge in [0.05, 0.1) is 20.1 Å². The van der Waals surface area contributed by atoms with Crippen LogP contribution in [0.4, 0.5) is 0 Å². The van der Waals surface area contributed by atoms with Crippen LogP contribution >= 0.6 is 0 Å². The van der Waals surface area contributed by atoms with E-state index in [1.54, 1.807) is 0 Å². The Bertz CT molecular complexity index is 554. The first-order valence-corrected chi connectivity index (χ1v) is 9.78. The van der Waals surface area contributed by atoms with Crippen LogP contribution in [0, 0.1) is 23.7 Å². The van der Waals surface area contributed by atoms with E-state index in [0.717, 1.165) is 25.7 Å². The third-order valence-electron chi connectivity index (χ3n) is 6.91. The zero-order valence-electron chi connectivity index (χ0n) is 16.1. The minimum Gasteiger partial charge on any atom is -0.469 e. The molecule has 0 unspecified atom stereocenters. The van der Waals surface area contributed by atoms with Crippen molar-refractivity contribution >= 4 is 5.97 Å². The number of hydrogen-bond donors (Lipinski definition) is 0. The van der Waals surface area contributed by atoms with Crippen molar-refractivity contribution < 1.29 is 33.5 Å². The summed E-state index contributed by atoms with van der Waals surface area (Å²) in [6, 6.07) is 0. The molecule has 0 aromatic carbocycles. The molecule has 7 heteroatoms. The maximum Gasteiger partial charge on any atom is 0.307 e. The molecule has 148 valence electrons. The average Bonchev–Trinajstić information content (AvgIpc) is 2.85. The van der Waals surface area contributed by atoms with E-state index in [4.69, 9.17) is 24.0 Å². The Kier molecular flexibility index (Phi) is 4.80. The van der Waals surface area contributed by atoms with E-state index in [1.165, 1.54) is 7.11 Å². The monoisotopic (exact) mass is 370 g/mol. The molecule has 1 spiro atoms. The van der Waals surface area contributed by atoms with Crippen molar-refractivity contribution in [3.63, 3.8) is 0 Å². The summed E-state index contributed by atoms with van der Waals surface area (Å²) in [5.74, 6) is 0.157. The number of fused-ring (bicyclic) bond motifs is 2. The number of ether oxygens (including phenoxy) is 4. The molecule has 1 saturated carbocycles. The zero-order chi connectivity index (χ0) is 18.5. The van der Waals surface area contributed by atoms with Gasteiger partial charge in [-0.25, -0.2) is 9.78 Å². The van der Waals surface area contributed by atoms with E-state index in [9.17, 15) is 4.79 Å². The van der Waals surface area contributed by atoms with Gasteiger partial charge in [-0.2, -0.15) is 0 Å². The summed E-state index contributed by atoms with van der Waals surface area (Å²) < 4.78 is 23.1. The lowest BCUT2D eigenvalue weighted by Crippen LogP contribution is -2.70. The molecule has 0 aromatic heterocycles.